The van der Waals surface area contributed by atoms with Crippen LogP contribution < -0.4 is 10.1 Å². The van der Waals surface area contributed by atoms with Gasteiger partial charge < -0.3 is 19.7 Å². The topological polar surface area (TPSA) is 67.9 Å². The number of amides is 2. The van der Waals surface area contributed by atoms with E-state index in [1.54, 1.807) is 24.3 Å². The first-order valence-corrected chi connectivity index (χ1v) is 11.0. The highest BCUT2D eigenvalue weighted by Gasteiger charge is 2.44. The zero-order valence-electron chi connectivity index (χ0n) is 17.8. The van der Waals surface area contributed by atoms with Crippen molar-refractivity contribution in [2.45, 2.75) is 57.3 Å². The maximum Gasteiger partial charge on any atom is 0.337 e. The number of urea groups is 1. The Bertz CT molecular complexity index is 949. The van der Waals surface area contributed by atoms with Crippen molar-refractivity contribution in [3.05, 3.63) is 64.2 Å². The van der Waals surface area contributed by atoms with Gasteiger partial charge in [-0.25, -0.2) is 9.59 Å². The van der Waals surface area contributed by atoms with Crippen LogP contribution in [0.2, 0.25) is 5.02 Å². The van der Waals surface area contributed by atoms with Crippen molar-refractivity contribution in [1.29, 1.82) is 0 Å². The third-order valence-corrected chi connectivity index (χ3v) is 6.49. The summed E-state index contributed by atoms with van der Waals surface area (Å²) in [6.07, 6.45) is 3.63. The van der Waals surface area contributed by atoms with Gasteiger partial charge in [0.25, 0.3) is 0 Å². The van der Waals surface area contributed by atoms with Crippen LogP contribution in [-0.4, -0.2) is 42.2 Å². The molecule has 31 heavy (non-hydrogen) atoms. The minimum Gasteiger partial charge on any atom is -0.490 e. The Morgan fingerprint density at radius 1 is 1.10 bits per heavy atom. The fraction of sp³-hybridized carbons (Fsp3) is 0.417. The number of benzene rings is 2. The number of nitrogens with zero attached hydrogens (tertiary/aromatic N) is 1. The first-order chi connectivity index (χ1) is 14.9. The Balaban J connectivity index is 1.33. The van der Waals surface area contributed by atoms with E-state index < -0.39 is 0 Å². The molecule has 2 bridgehead atoms. The Morgan fingerprint density at radius 2 is 1.77 bits per heavy atom. The molecule has 164 valence electrons. The molecule has 3 atom stereocenters. The number of methoxy groups -OCH3 is 1. The molecule has 2 fully saturated rings. The van der Waals surface area contributed by atoms with Crippen LogP contribution in [0, 0.1) is 6.92 Å². The monoisotopic (exact) mass is 442 g/mol. The molecular formula is C24H27ClN2O4. The van der Waals surface area contributed by atoms with Crippen LogP contribution >= 0.6 is 11.6 Å². The van der Waals surface area contributed by atoms with Gasteiger partial charge in [0.2, 0.25) is 0 Å². The number of carbonyl (C=O) groups excluding carboxylic acids is 2. The van der Waals surface area contributed by atoms with Crippen LogP contribution in [0.5, 0.6) is 5.75 Å². The molecule has 1 N–H and O–H groups in total. The molecule has 4 rings (SSSR count). The van der Waals surface area contributed by atoms with E-state index in [1.165, 1.54) is 7.11 Å². The molecule has 2 aromatic carbocycles. The number of carbonyl (C=O) groups is 2. The summed E-state index contributed by atoms with van der Waals surface area (Å²) in [6.45, 7) is 2.41. The van der Waals surface area contributed by atoms with Crippen molar-refractivity contribution in [2.24, 2.45) is 0 Å². The van der Waals surface area contributed by atoms with Gasteiger partial charge >= 0.3 is 12.0 Å². The Kier molecular flexibility index (Phi) is 6.37. The lowest BCUT2D eigenvalue weighted by molar-refractivity contribution is 0.0600. The van der Waals surface area contributed by atoms with E-state index in [1.807, 2.05) is 30.0 Å². The minimum absolute atomic E-state index is 0.0370. The number of piperidine rings is 1. The second-order valence-electron chi connectivity index (χ2n) is 8.27. The van der Waals surface area contributed by atoms with Crippen molar-refractivity contribution in [1.82, 2.24) is 10.2 Å². The summed E-state index contributed by atoms with van der Waals surface area (Å²) in [5.74, 6) is 0.361. The molecule has 6 nitrogen and oxygen atoms in total. The van der Waals surface area contributed by atoms with Crippen LogP contribution in [0.25, 0.3) is 0 Å². The van der Waals surface area contributed by atoms with E-state index in [2.05, 4.69) is 5.32 Å². The highest BCUT2D eigenvalue weighted by molar-refractivity contribution is 6.31. The lowest BCUT2D eigenvalue weighted by atomic mass is 10.00. The van der Waals surface area contributed by atoms with Gasteiger partial charge in [-0.05, 0) is 61.2 Å². The number of hydrogen-bond donors (Lipinski definition) is 1. The van der Waals surface area contributed by atoms with Crippen LogP contribution in [0.4, 0.5) is 4.79 Å². The maximum absolute atomic E-state index is 12.9. The summed E-state index contributed by atoms with van der Waals surface area (Å²) < 4.78 is 10.9. The lowest BCUT2D eigenvalue weighted by Crippen LogP contribution is -2.52. The Hall–Kier alpha value is -2.73. The van der Waals surface area contributed by atoms with Gasteiger partial charge in [-0.15, -0.1) is 0 Å². The molecule has 7 heteroatoms. The van der Waals surface area contributed by atoms with Crippen LogP contribution in [0.1, 0.15) is 47.2 Å². The minimum atomic E-state index is -0.365. The van der Waals surface area contributed by atoms with Crippen molar-refractivity contribution in [3.63, 3.8) is 0 Å². The van der Waals surface area contributed by atoms with Gasteiger partial charge in [-0.2, -0.15) is 0 Å². The van der Waals surface area contributed by atoms with E-state index in [4.69, 9.17) is 21.1 Å². The number of rotatable bonds is 5. The van der Waals surface area contributed by atoms with Gasteiger partial charge in [0.15, 0.2) is 0 Å². The summed E-state index contributed by atoms with van der Waals surface area (Å²) in [5, 5.41) is 3.71. The van der Waals surface area contributed by atoms with E-state index in [9.17, 15) is 9.59 Å². The van der Waals surface area contributed by atoms with E-state index in [0.29, 0.717) is 17.1 Å². The summed E-state index contributed by atoms with van der Waals surface area (Å²) in [6, 6.07) is 13.2. The number of hydrogen-bond acceptors (Lipinski definition) is 4. The van der Waals surface area contributed by atoms with E-state index in [-0.39, 0.29) is 30.2 Å². The van der Waals surface area contributed by atoms with Gasteiger partial charge in [-0.3, -0.25) is 0 Å². The third-order valence-electron chi connectivity index (χ3n) is 6.14. The normalized spacial score (nSPS) is 22.2. The third kappa shape index (κ3) is 4.79. The lowest BCUT2D eigenvalue weighted by Gasteiger charge is -2.38. The number of halogens is 1. The average Bonchev–Trinajstić information content (AvgIpc) is 3.03. The van der Waals surface area contributed by atoms with Gasteiger partial charge in [-0.1, -0.05) is 23.7 Å². The highest BCUT2D eigenvalue weighted by atomic mass is 35.5. The molecule has 0 radical (unpaired) electrons. The van der Waals surface area contributed by atoms with Gasteiger partial charge in [0.1, 0.15) is 11.9 Å². The molecule has 0 saturated carbocycles. The smallest absolute Gasteiger partial charge is 0.337 e. The number of nitrogens with one attached hydrogen (secondary N) is 1. The molecule has 0 aliphatic carbocycles. The zero-order valence-corrected chi connectivity index (χ0v) is 18.5. The first-order valence-electron chi connectivity index (χ1n) is 10.6. The van der Waals surface area contributed by atoms with Crippen molar-refractivity contribution >= 4 is 23.6 Å². The molecule has 1 unspecified atom stereocenters. The second kappa shape index (κ2) is 9.18. The fourth-order valence-corrected chi connectivity index (χ4v) is 4.89. The molecule has 2 saturated heterocycles. The molecule has 2 aromatic rings. The molecule has 2 heterocycles. The Morgan fingerprint density at radius 3 is 2.39 bits per heavy atom. The second-order valence-corrected chi connectivity index (χ2v) is 8.68. The van der Waals surface area contributed by atoms with Crippen molar-refractivity contribution in [3.8, 4) is 5.75 Å². The quantitative estimate of drug-likeness (QED) is 0.680. The zero-order chi connectivity index (χ0) is 22.0. The summed E-state index contributed by atoms with van der Waals surface area (Å²) in [4.78, 5) is 26.5. The number of aryl methyl sites for hydroxylation is 1. The average molecular weight is 443 g/mol. The molecule has 0 spiro atoms. The standard InChI is InChI=1S/C24H27ClN2O4/c1-15-3-4-17(22(25)11-15)14-26-24(29)27-18-7-8-19(27)13-21(12-18)31-20-9-5-16(6-10-20)23(28)30-2/h3-6,9-11,18-19,21H,7-8,12-14H2,1-2H3,(H,26,29)/t18-,19+,21?. The summed E-state index contributed by atoms with van der Waals surface area (Å²) in [7, 11) is 1.36. The molecule has 2 aliphatic heterocycles. The van der Waals surface area contributed by atoms with Crippen LogP contribution in [0.15, 0.2) is 42.5 Å². The number of esters is 1. The van der Waals surface area contributed by atoms with Crippen LogP contribution in [-0.2, 0) is 11.3 Å². The molecular weight excluding hydrogens is 416 g/mol. The largest absolute Gasteiger partial charge is 0.490 e. The SMILES string of the molecule is COC(=O)c1ccc(OC2C[C@H]3CC[C@@H](C2)N3C(=O)NCc2ccc(C)cc2Cl)cc1. The molecule has 2 aliphatic rings. The summed E-state index contributed by atoms with van der Waals surface area (Å²) >= 11 is 6.29. The predicted molar refractivity (Wildman–Crippen MR) is 119 cm³/mol. The molecule has 0 aromatic heterocycles. The van der Waals surface area contributed by atoms with E-state index >= 15 is 0 Å². The number of ether oxygens (including phenoxy) is 2. The fourth-order valence-electron chi connectivity index (χ4n) is 4.59. The number of fused-ring (bicyclic) bond motifs is 2. The summed E-state index contributed by atoms with van der Waals surface area (Å²) in [5.41, 5.74) is 2.51. The maximum atomic E-state index is 12.9. The van der Waals surface area contributed by atoms with Gasteiger partial charge in [0.05, 0.1) is 12.7 Å². The Labute approximate surface area is 187 Å². The van der Waals surface area contributed by atoms with Crippen molar-refractivity contribution in [2.75, 3.05) is 7.11 Å². The predicted octanol–water partition coefficient (Wildman–Crippen LogP) is 4.72. The van der Waals surface area contributed by atoms with Gasteiger partial charge in [0, 0.05) is 36.5 Å². The van der Waals surface area contributed by atoms with Crippen LogP contribution in [0.3, 0.4) is 0 Å². The first kappa shape index (κ1) is 21.5. The molecule has 2 amide bonds. The van der Waals surface area contributed by atoms with Crippen molar-refractivity contribution < 1.29 is 19.1 Å². The van der Waals surface area contributed by atoms with E-state index in [0.717, 1.165) is 42.6 Å². The highest BCUT2D eigenvalue weighted by Crippen LogP contribution is 2.37.